The van der Waals surface area contributed by atoms with E-state index in [1.165, 1.54) is 34.1 Å². The number of carbonyl (C=O) groups excluding carboxylic acids is 1. The van der Waals surface area contributed by atoms with E-state index in [9.17, 15) is 4.79 Å². The Bertz CT molecular complexity index is 1080. The molecule has 0 aliphatic carbocycles. The molecular weight excluding hydrogens is 402 g/mol. The number of aryl methyl sites for hydroxylation is 2. The van der Waals surface area contributed by atoms with Gasteiger partial charge in [0.15, 0.2) is 5.17 Å². The number of fused-ring (bicyclic) bond motifs is 1. The molecule has 0 aromatic heterocycles. The van der Waals surface area contributed by atoms with Gasteiger partial charge in [0, 0.05) is 17.8 Å². The van der Waals surface area contributed by atoms with Gasteiger partial charge in [-0.25, -0.2) is 4.99 Å². The van der Waals surface area contributed by atoms with E-state index in [0.717, 1.165) is 24.2 Å². The number of carbonyl (C=O) groups is 1. The normalized spacial score (nSPS) is 22.7. The van der Waals surface area contributed by atoms with E-state index in [2.05, 4.69) is 62.0 Å². The molecule has 0 radical (unpaired) electrons. The molecule has 31 heavy (non-hydrogen) atoms. The Hall–Kier alpha value is -2.53. The number of nitrogens with zero attached hydrogens (tertiary/aromatic N) is 2. The van der Waals surface area contributed by atoms with E-state index in [0.29, 0.717) is 16.0 Å². The molecule has 2 aromatic rings. The first-order chi connectivity index (χ1) is 14.7. The molecule has 2 aliphatic rings. The fraction of sp³-hybridized carbons (Fsp3) is 0.385. The summed E-state index contributed by atoms with van der Waals surface area (Å²) in [4.78, 5) is 20.4. The van der Waals surface area contributed by atoms with E-state index < -0.39 is 0 Å². The largest absolute Gasteiger partial charge is 0.366 e. The summed E-state index contributed by atoms with van der Waals surface area (Å²) in [6.07, 6.45) is 3.13. The molecule has 4 nitrogen and oxygen atoms in total. The molecule has 2 heterocycles. The molecule has 1 fully saturated rings. The Morgan fingerprint density at radius 2 is 1.94 bits per heavy atom. The summed E-state index contributed by atoms with van der Waals surface area (Å²) in [5, 5.41) is 3.53. The maximum absolute atomic E-state index is 12.6. The highest BCUT2D eigenvalue weighted by Crippen LogP contribution is 2.44. The van der Waals surface area contributed by atoms with Crippen molar-refractivity contribution in [2.75, 3.05) is 11.4 Å². The average molecular weight is 434 g/mol. The number of anilines is 1. The van der Waals surface area contributed by atoms with Gasteiger partial charge in [-0.2, -0.15) is 0 Å². The molecule has 162 valence electrons. The lowest BCUT2D eigenvalue weighted by atomic mass is 9.79. The zero-order chi connectivity index (χ0) is 22.3. The van der Waals surface area contributed by atoms with Crippen molar-refractivity contribution in [1.82, 2.24) is 5.32 Å². The maximum atomic E-state index is 12.6. The van der Waals surface area contributed by atoms with Crippen LogP contribution < -0.4 is 10.2 Å². The third-order valence-electron chi connectivity index (χ3n) is 6.29. The molecule has 0 bridgehead atoms. The van der Waals surface area contributed by atoms with Gasteiger partial charge in [-0.3, -0.25) is 4.79 Å². The first-order valence-corrected chi connectivity index (χ1v) is 11.8. The molecule has 1 saturated heterocycles. The predicted octanol–water partition coefficient (Wildman–Crippen LogP) is 6.31. The van der Waals surface area contributed by atoms with E-state index >= 15 is 0 Å². The van der Waals surface area contributed by atoms with Crippen molar-refractivity contribution >= 4 is 40.3 Å². The van der Waals surface area contributed by atoms with Gasteiger partial charge < -0.3 is 10.2 Å². The van der Waals surface area contributed by atoms with Crippen LogP contribution in [0.1, 0.15) is 62.3 Å². The van der Waals surface area contributed by atoms with Crippen LogP contribution in [-0.4, -0.2) is 23.2 Å². The van der Waals surface area contributed by atoms with E-state index in [4.69, 9.17) is 0 Å². The summed E-state index contributed by atoms with van der Waals surface area (Å²) < 4.78 is 0. The fourth-order valence-electron chi connectivity index (χ4n) is 4.76. The van der Waals surface area contributed by atoms with Gasteiger partial charge in [-0.1, -0.05) is 24.6 Å². The van der Waals surface area contributed by atoms with Gasteiger partial charge in [0.05, 0.1) is 10.6 Å². The zero-order valence-electron chi connectivity index (χ0n) is 19.2. The third-order valence-corrected chi connectivity index (χ3v) is 7.20. The van der Waals surface area contributed by atoms with E-state index in [-0.39, 0.29) is 11.4 Å². The Morgan fingerprint density at radius 3 is 2.61 bits per heavy atom. The molecule has 5 heteroatoms. The smallest absolute Gasteiger partial charge is 0.264 e. The summed E-state index contributed by atoms with van der Waals surface area (Å²) in [5.41, 5.74) is 7.18. The first kappa shape index (κ1) is 21.7. The second kappa shape index (κ2) is 8.19. The van der Waals surface area contributed by atoms with E-state index in [1.54, 1.807) is 0 Å². The van der Waals surface area contributed by atoms with Crippen LogP contribution in [0.4, 0.5) is 11.4 Å². The van der Waals surface area contributed by atoms with Crippen molar-refractivity contribution in [3.05, 3.63) is 63.6 Å². The topological polar surface area (TPSA) is 44.7 Å². The van der Waals surface area contributed by atoms with Crippen LogP contribution in [-0.2, 0) is 4.79 Å². The van der Waals surface area contributed by atoms with Crippen LogP contribution in [0.25, 0.3) is 6.08 Å². The van der Waals surface area contributed by atoms with Crippen LogP contribution in [0.5, 0.6) is 0 Å². The number of nitrogens with one attached hydrogen (secondary N) is 1. The van der Waals surface area contributed by atoms with Gasteiger partial charge in [-0.05, 0) is 106 Å². The van der Waals surface area contributed by atoms with Crippen molar-refractivity contribution in [2.24, 2.45) is 4.99 Å². The molecule has 2 aromatic carbocycles. The molecule has 4 rings (SSSR count). The Morgan fingerprint density at radius 1 is 1.23 bits per heavy atom. The maximum Gasteiger partial charge on any atom is 0.264 e. The molecule has 0 spiro atoms. The summed E-state index contributed by atoms with van der Waals surface area (Å²) in [7, 11) is 0. The zero-order valence-corrected chi connectivity index (χ0v) is 20.1. The molecule has 1 N–H and O–H groups in total. The number of rotatable bonds is 3. The van der Waals surface area contributed by atoms with Crippen LogP contribution in [0.15, 0.2) is 46.3 Å². The van der Waals surface area contributed by atoms with Gasteiger partial charge in [-0.15, -0.1) is 0 Å². The quantitative estimate of drug-likeness (QED) is 0.577. The van der Waals surface area contributed by atoms with Crippen LogP contribution in [0, 0.1) is 13.8 Å². The number of thioether (sulfide) groups is 1. The van der Waals surface area contributed by atoms with Crippen LogP contribution in [0.3, 0.4) is 0 Å². The minimum Gasteiger partial charge on any atom is -0.366 e. The Labute approximate surface area is 189 Å². The SMILES string of the molecule is CCN1c2cc(C)c(/C=C3\SC(=Nc4ccc(C)cc4)NC3=O)cc2C(C)CC1(C)C. The lowest BCUT2D eigenvalue weighted by Gasteiger charge is -2.47. The van der Waals surface area contributed by atoms with Gasteiger partial charge in [0.1, 0.15) is 0 Å². The van der Waals surface area contributed by atoms with Crippen LogP contribution >= 0.6 is 11.8 Å². The monoisotopic (exact) mass is 433 g/mol. The molecule has 2 aliphatic heterocycles. The van der Waals surface area contributed by atoms with Crippen molar-refractivity contribution in [3.63, 3.8) is 0 Å². The van der Waals surface area contributed by atoms with Gasteiger partial charge in [0.2, 0.25) is 0 Å². The molecule has 1 unspecified atom stereocenters. The van der Waals surface area contributed by atoms with E-state index in [1.807, 2.05) is 37.3 Å². The average Bonchev–Trinajstić information content (AvgIpc) is 3.03. The highest BCUT2D eigenvalue weighted by Gasteiger charge is 2.35. The number of benzene rings is 2. The number of aliphatic imine (C=N–C) groups is 1. The highest BCUT2D eigenvalue weighted by molar-refractivity contribution is 8.18. The minimum atomic E-state index is -0.0858. The van der Waals surface area contributed by atoms with Crippen molar-refractivity contribution in [2.45, 2.75) is 59.4 Å². The fourth-order valence-corrected chi connectivity index (χ4v) is 5.60. The van der Waals surface area contributed by atoms with Crippen molar-refractivity contribution < 1.29 is 4.79 Å². The minimum absolute atomic E-state index is 0.0858. The Kier molecular flexibility index (Phi) is 5.73. The molecule has 1 amide bonds. The summed E-state index contributed by atoms with van der Waals surface area (Å²) in [6.45, 7) is 14.4. The van der Waals surface area contributed by atoms with Crippen LogP contribution in [0.2, 0.25) is 0 Å². The molecular formula is C26H31N3OS. The van der Waals surface area contributed by atoms with Crippen molar-refractivity contribution in [1.29, 1.82) is 0 Å². The Balaban J connectivity index is 1.66. The van der Waals surface area contributed by atoms with Crippen molar-refractivity contribution in [3.8, 4) is 0 Å². The third kappa shape index (κ3) is 4.29. The number of amidine groups is 1. The number of hydrogen-bond acceptors (Lipinski definition) is 4. The predicted molar refractivity (Wildman–Crippen MR) is 133 cm³/mol. The molecule has 1 atom stereocenters. The lowest BCUT2D eigenvalue weighted by Crippen LogP contribution is -2.48. The van der Waals surface area contributed by atoms with Gasteiger partial charge in [0.25, 0.3) is 5.91 Å². The highest BCUT2D eigenvalue weighted by atomic mass is 32.2. The second-order valence-electron chi connectivity index (χ2n) is 9.25. The number of amides is 1. The standard InChI is InChI=1S/C26H31N3OS/c1-7-29-22-12-17(3)19(13-21(22)18(4)15-26(29,5)6)14-23-24(30)28-25(31-23)27-20-10-8-16(2)9-11-20/h8-14,18H,7,15H2,1-6H3,(H,27,28,30)/b23-14-. The first-order valence-electron chi connectivity index (χ1n) is 11.0. The van der Waals surface area contributed by atoms with Gasteiger partial charge >= 0.3 is 0 Å². The number of hydrogen-bond donors (Lipinski definition) is 1. The second-order valence-corrected chi connectivity index (χ2v) is 10.3. The lowest BCUT2D eigenvalue weighted by molar-refractivity contribution is -0.115. The summed E-state index contributed by atoms with van der Waals surface area (Å²) in [6, 6.07) is 12.6. The summed E-state index contributed by atoms with van der Waals surface area (Å²) >= 11 is 1.40. The molecule has 0 saturated carbocycles. The summed E-state index contributed by atoms with van der Waals surface area (Å²) in [5.74, 6) is 0.395.